The summed E-state index contributed by atoms with van der Waals surface area (Å²) < 4.78 is 0. The summed E-state index contributed by atoms with van der Waals surface area (Å²) in [4.78, 5) is 0. The molecule has 0 bridgehead atoms. The Hall–Kier alpha value is -2.68. The number of benzene rings is 3. The zero-order chi connectivity index (χ0) is 18.6. The average molecular weight is 393 g/mol. The predicted octanol–water partition coefficient (Wildman–Crippen LogP) is 6.66. The Balaban J connectivity index is 1.66. The van der Waals surface area contributed by atoms with Crippen LogP contribution >= 0.6 is 23.2 Å². The van der Waals surface area contributed by atoms with Crippen LogP contribution in [0.1, 0.15) is 17.2 Å². The molecule has 3 aromatic rings. The Labute approximate surface area is 169 Å². The van der Waals surface area contributed by atoms with Gasteiger partial charge in [-0.15, -0.1) is 0 Å². The Morgan fingerprint density at radius 1 is 0.778 bits per heavy atom. The van der Waals surface area contributed by atoms with Crippen LogP contribution in [0.5, 0.6) is 0 Å². The number of hydrazine groups is 1. The molecule has 0 amide bonds. The van der Waals surface area contributed by atoms with Crippen molar-refractivity contribution in [2.45, 2.75) is 6.04 Å². The van der Waals surface area contributed by atoms with E-state index in [1.165, 1.54) is 5.56 Å². The SMILES string of the molecule is Clc1ccc(N2NC(/C=C/c3ccccc3)=C[C@H]2c2ccccc2)cc1Cl. The zero-order valence-corrected chi connectivity index (χ0v) is 16.0. The minimum atomic E-state index is 0.0545. The maximum absolute atomic E-state index is 6.25. The van der Waals surface area contributed by atoms with Gasteiger partial charge in [-0.05, 0) is 41.5 Å². The first-order valence-corrected chi connectivity index (χ1v) is 9.47. The van der Waals surface area contributed by atoms with Gasteiger partial charge in [0.25, 0.3) is 0 Å². The van der Waals surface area contributed by atoms with Gasteiger partial charge in [-0.3, -0.25) is 10.4 Å². The first-order chi connectivity index (χ1) is 13.2. The van der Waals surface area contributed by atoms with Crippen LogP contribution in [0.25, 0.3) is 6.08 Å². The smallest absolute Gasteiger partial charge is 0.0958 e. The number of rotatable bonds is 4. The lowest BCUT2D eigenvalue weighted by Crippen LogP contribution is -2.34. The first kappa shape index (κ1) is 17.7. The average Bonchev–Trinajstić information content (AvgIpc) is 3.14. The van der Waals surface area contributed by atoms with Crippen molar-refractivity contribution in [3.05, 3.63) is 118 Å². The molecule has 27 heavy (non-hydrogen) atoms. The molecule has 4 rings (SSSR count). The number of nitrogens with one attached hydrogen (secondary N) is 1. The van der Waals surface area contributed by atoms with Gasteiger partial charge in [0.15, 0.2) is 0 Å². The van der Waals surface area contributed by atoms with E-state index in [2.05, 4.69) is 52.9 Å². The van der Waals surface area contributed by atoms with Crippen LogP contribution in [0.2, 0.25) is 10.0 Å². The van der Waals surface area contributed by atoms with Gasteiger partial charge in [0.2, 0.25) is 0 Å². The molecule has 1 N–H and O–H groups in total. The summed E-state index contributed by atoms with van der Waals surface area (Å²) >= 11 is 12.3. The lowest BCUT2D eigenvalue weighted by molar-refractivity contribution is 0.710. The van der Waals surface area contributed by atoms with Gasteiger partial charge in [0.05, 0.1) is 27.5 Å². The molecule has 3 aromatic carbocycles. The van der Waals surface area contributed by atoms with Crippen molar-refractivity contribution in [1.29, 1.82) is 0 Å². The Morgan fingerprint density at radius 2 is 1.48 bits per heavy atom. The molecule has 0 saturated heterocycles. The predicted molar refractivity (Wildman–Crippen MR) is 115 cm³/mol. The van der Waals surface area contributed by atoms with Crippen LogP contribution in [-0.4, -0.2) is 0 Å². The lowest BCUT2D eigenvalue weighted by Gasteiger charge is -2.27. The van der Waals surface area contributed by atoms with Crippen LogP contribution in [0.15, 0.2) is 96.7 Å². The van der Waals surface area contributed by atoms with E-state index in [0.717, 1.165) is 16.9 Å². The van der Waals surface area contributed by atoms with Crippen LogP contribution in [0, 0.1) is 0 Å². The molecular formula is C23H18Cl2N2. The molecule has 2 nitrogen and oxygen atoms in total. The number of anilines is 1. The van der Waals surface area contributed by atoms with E-state index in [9.17, 15) is 0 Å². The highest BCUT2D eigenvalue weighted by Gasteiger charge is 2.25. The highest BCUT2D eigenvalue weighted by molar-refractivity contribution is 6.42. The first-order valence-electron chi connectivity index (χ1n) is 8.71. The summed E-state index contributed by atoms with van der Waals surface area (Å²) in [6.07, 6.45) is 6.39. The number of allylic oxidation sites excluding steroid dienone is 1. The summed E-state index contributed by atoms with van der Waals surface area (Å²) in [5, 5.41) is 3.19. The van der Waals surface area contributed by atoms with Gasteiger partial charge in [0.1, 0.15) is 0 Å². The molecule has 1 heterocycles. The Bertz CT molecular complexity index is 982. The van der Waals surface area contributed by atoms with E-state index in [4.69, 9.17) is 23.2 Å². The molecule has 0 fully saturated rings. The third kappa shape index (κ3) is 4.02. The van der Waals surface area contributed by atoms with Crippen molar-refractivity contribution >= 4 is 35.0 Å². The number of nitrogens with zero attached hydrogens (tertiary/aromatic N) is 1. The highest BCUT2D eigenvalue weighted by Crippen LogP contribution is 2.35. The summed E-state index contributed by atoms with van der Waals surface area (Å²) in [5.41, 5.74) is 7.81. The minimum Gasteiger partial charge on any atom is -0.298 e. The Kier molecular flexibility index (Phi) is 5.19. The van der Waals surface area contributed by atoms with Crippen LogP contribution < -0.4 is 10.4 Å². The molecular weight excluding hydrogens is 375 g/mol. The molecule has 4 heteroatoms. The van der Waals surface area contributed by atoms with Gasteiger partial charge in [-0.2, -0.15) is 0 Å². The molecule has 0 radical (unpaired) electrons. The van der Waals surface area contributed by atoms with Gasteiger partial charge in [0, 0.05) is 0 Å². The van der Waals surface area contributed by atoms with Gasteiger partial charge in [-0.25, -0.2) is 0 Å². The van der Waals surface area contributed by atoms with Crippen LogP contribution in [0.3, 0.4) is 0 Å². The molecule has 134 valence electrons. The lowest BCUT2D eigenvalue weighted by atomic mass is 10.1. The number of halogens is 2. The standard InChI is InChI=1S/C23H18Cl2N2/c24-21-14-13-20(16-22(21)25)27-23(18-9-5-2-6-10-18)15-19(26-27)12-11-17-7-3-1-4-8-17/h1-16,23,26H/b12-11+/t23-/m0/s1. The van der Waals surface area contributed by atoms with Crippen molar-refractivity contribution in [2.75, 3.05) is 5.01 Å². The maximum Gasteiger partial charge on any atom is 0.0958 e. The highest BCUT2D eigenvalue weighted by atomic mass is 35.5. The fraction of sp³-hybridized carbons (Fsp3) is 0.0435. The van der Waals surface area contributed by atoms with Gasteiger partial charge < -0.3 is 0 Å². The summed E-state index contributed by atoms with van der Waals surface area (Å²) in [6, 6.07) is 26.3. The topological polar surface area (TPSA) is 15.3 Å². The molecule has 0 unspecified atom stereocenters. The summed E-state index contributed by atoms with van der Waals surface area (Å²) in [7, 11) is 0. The number of hydrogen-bond donors (Lipinski definition) is 1. The molecule has 0 aromatic heterocycles. The van der Waals surface area contributed by atoms with Gasteiger partial charge in [-0.1, -0.05) is 89.9 Å². The normalized spacial score (nSPS) is 16.4. The van der Waals surface area contributed by atoms with Gasteiger partial charge >= 0.3 is 0 Å². The minimum absolute atomic E-state index is 0.0545. The monoisotopic (exact) mass is 392 g/mol. The van der Waals surface area contributed by atoms with Crippen molar-refractivity contribution in [3.8, 4) is 0 Å². The summed E-state index contributed by atoms with van der Waals surface area (Å²) in [5.74, 6) is 0. The van der Waals surface area contributed by atoms with Crippen molar-refractivity contribution in [1.82, 2.24) is 5.43 Å². The van der Waals surface area contributed by atoms with E-state index in [0.29, 0.717) is 10.0 Å². The van der Waals surface area contributed by atoms with Crippen molar-refractivity contribution < 1.29 is 0 Å². The second-order valence-corrected chi connectivity index (χ2v) is 7.12. The quantitative estimate of drug-likeness (QED) is 0.533. The number of hydrogen-bond acceptors (Lipinski definition) is 2. The fourth-order valence-electron chi connectivity index (χ4n) is 3.09. The van der Waals surface area contributed by atoms with E-state index in [1.54, 1.807) is 0 Å². The third-order valence-electron chi connectivity index (χ3n) is 4.44. The Morgan fingerprint density at radius 3 is 2.19 bits per heavy atom. The molecule has 0 saturated carbocycles. The fourth-order valence-corrected chi connectivity index (χ4v) is 3.38. The van der Waals surface area contributed by atoms with E-state index in [-0.39, 0.29) is 6.04 Å². The van der Waals surface area contributed by atoms with E-state index >= 15 is 0 Å². The van der Waals surface area contributed by atoms with Crippen molar-refractivity contribution in [3.63, 3.8) is 0 Å². The molecule has 1 atom stereocenters. The maximum atomic E-state index is 6.25. The molecule has 1 aliphatic rings. The second-order valence-electron chi connectivity index (χ2n) is 6.30. The van der Waals surface area contributed by atoms with Crippen LogP contribution in [-0.2, 0) is 0 Å². The molecule has 0 aliphatic carbocycles. The van der Waals surface area contributed by atoms with Crippen molar-refractivity contribution in [2.24, 2.45) is 0 Å². The zero-order valence-electron chi connectivity index (χ0n) is 14.5. The largest absolute Gasteiger partial charge is 0.298 e. The van der Waals surface area contributed by atoms with E-state index < -0.39 is 0 Å². The van der Waals surface area contributed by atoms with Crippen LogP contribution in [0.4, 0.5) is 5.69 Å². The van der Waals surface area contributed by atoms with E-state index in [1.807, 2.05) is 54.6 Å². The molecule has 1 aliphatic heterocycles. The third-order valence-corrected chi connectivity index (χ3v) is 5.18. The second kappa shape index (κ2) is 7.91. The molecule has 0 spiro atoms. The summed E-state index contributed by atoms with van der Waals surface area (Å²) in [6.45, 7) is 0.